The SMILES string of the molecule is CC.CC1CCC(CCC#N)C1. The second kappa shape index (κ2) is 7.16. The molecule has 1 heteroatoms. The van der Waals surface area contributed by atoms with E-state index >= 15 is 0 Å². The van der Waals surface area contributed by atoms with Crippen LogP contribution >= 0.6 is 0 Å². The first-order chi connectivity index (χ1) is 5.83. The highest BCUT2D eigenvalue weighted by molar-refractivity contribution is 4.77. The van der Waals surface area contributed by atoms with Crippen LogP contribution in [0.3, 0.4) is 0 Å². The van der Waals surface area contributed by atoms with E-state index in [0.29, 0.717) is 0 Å². The third kappa shape index (κ3) is 4.38. The molecule has 0 saturated heterocycles. The summed E-state index contributed by atoms with van der Waals surface area (Å²) < 4.78 is 0. The zero-order valence-electron chi connectivity index (χ0n) is 8.64. The van der Waals surface area contributed by atoms with E-state index in [9.17, 15) is 0 Å². The molecular formula is C11H21N. The summed E-state index contributed by atoms with van der Waals surface area (Å²) in [5.74, 6) is 1.79. The van der Waals surface area contributed by atoms with Crippen molar-refractivity contribution < 1.29 is 0 Å². The van der Waals surface area contributed by atoms with Crippen molar-refractivity contribution in [2.45, 2.75) is 52.9 Å². The number of hydrogen-bond acceptors (Lipinski definition) is 1. The van der Waals surface area contributed by atoms with Crippen molar-refractivity contribution in [3.05, 3.63) is 0 Å². The Bertz CT molecular complexity index is 134. The summed E-state index contributed by atoms with van der Waals surface area (Å²) in [4.78, 5) is 0. The van der Waals surface area contributed by atoms with Crippen LogP contribution in [0.15, 0.2) is 0 Å². The van der Waals surface area contributed by atoms with Crippen LogP contribution in [0, 0.1) is 23.2 Å². The van der Waals surface area contributed by atoms with E-state index in [4.69, 9.17) is 5.26 Å². The van der Waals surface area contributed by atoms with Gasteiger partial charge < -0.3 is 0 Å². The lowest BCUT2D eigenvalue weighted by Crippen LogP contribution is -1.92. The maximum Gasteiger partial charge on any atom is 0.0621 e. The molecule has 1 aliphatic rings. The van der Waals surface area contributed by atoms with Gasteiger partial charge in [-0.05, 0) is 24.7 Å². The third-order valence-corrected chi connectivity index (χ3v) is 2.47. The highest BCUT2D eigenvalue weighted by Crippen LogP contribution is 2.32. The summed E-state index contributed by atoms with van der Waals surface area (Å²) in [5.41, 5.74) is 0. The van der Waals surface area contributed by atoms with Gasteiger partial charge in [0, 0.05) is 6.42 Å². The van der Waals surface area contributed by atoms with Crippen molar-refractivity contribution in [1.29, 1.82) is 5.26 Å². The van der Waals surface area contributed by atoms with Crippen molar-refractivity contribution in [3.63, 3.8) is 0 Å². The summed E-state index contributed by atoms with van der Waals surface area (Å²) in [5, 5.41) is 8.34. The van der Waals surface area contributed by atoms with Crippen LogP contribution in [0.25, 0.3) is 0 Å². The maximum atomic E-state index is 8.34. The average molecular weight is 167 g/mol. The predicted octanol–water partition coefficient (Wildman–Crippen LogP) is 3.75. The molecule has 1 rings (SSSR count). The molecule has 70 valence electrons. The van der Waals surface area contributed by atoms with Gasteiger partial charge in [0.05, 0.1) is 6.07 Å². The minimum Gasteiger partial charge on any atom is -0.198 e. The Kier molecular flexibility index (Phi) is 6.85. The van der Waals surface area contributed by atoms with Gasteiger partial charge in [-0.1, -0.05) is 33.6 Å². The molecule has 0 radical (unpaired) electrons. The third-order valence-electron chi connectivity index (χ3n) is 2.47. The molecule has 0 heterocycles. The summed E-state index contributed by atoms with van der Waals surface area (Å²) in [6.45, 7) is 6.31. The lowest BCUT2D eigenvalue weighted by molar-refractivity contribution is 0.486. The predicted molar refractivity (Wildman–Crippen MR) is 52.7 cm³/mol. The number of hydrogen-bond donors (Lipinski definition) is 0. The van der Waals surface area contributed by atoms with Crippen molar-refractivity contribution in [2.75, 3.05) is 0 Å². The Hall–Kier alpha value is -0.510. The normalized spacial score (nSPS) is 27.2. The Labute approximate surface area is 76.8 Å². The monoisotopic (exact) mass is 167 g/mol. The standard InChI is InChI=1S/C9H15N.C2H6/c1-8-4-5-9(7-8)3-2-6-10;1-2/h8-9H,2-5,7H2,1H3;1-2H3. The van der Waals surface area contributed by atoms with Crippen LogP contribution in [0.4, 0.5) is 0 Å². The molecule has 0 spiro atoms. The first kappa shape index (κ1) is 11.5. The van der Waals surface area contributed by atoms with Gasteiger partial charge in [0.25, 0.3) is 0 Å². The number of nitriles is 1. The molecule has 2 unspecified atom stereocenters. The zero-order chi connectivity index (χ0) is 9.40. The minimum atomic E-state index is 0.761. The van der Waals surface area contributed by atoms with Crippen LogP contribution < -0.4 is 0 Å². The van der Waals surface area contributed by atoms with Crippen LogP contribution in [0.5, 0.6) is 0 Å². The smallest absolute Gasteiger partial charge is 0.0621 e. The molecule has 0 N–H and O–H groups in total. The summed E-state index contributed by atoms with van der Waals surface area (Å²) in [7, 11) is 0. The lowest BCUT2D eigenvalue weighted by atomic mass is 10.0. The summed E-state index contributed by atoms with van der Waals surface area (Å²) in [6.07, 6.45) is 6.01. The van der Waals surface area contributed by atoms with Crippen molar-refractivity contribution >= 4 is 0 Å². The molecular weight excluding hydrogens is 146 g/mol. The first-order valence-corrected chi connectivity index (χ1v) is 5.20. The minimum absolute atomic E-state index is 0.761. The van der Waals surface area contributed by atoms with Crippen LogP contribution in [0.1, 0.15) is 52.9 Å². The molecule has 0 aromatic heterocycles. The summed E-state index contributed by atoms with van der Waals surface area (Å²) in [6, 6.07) is 2.21. The maximum absolute atomic E-state index is 8.34. The second-order valence-electron chi connectivity index (χ2n) is 3.48. The van der Waals surface area contributed by atoms with Crippen LogP contribution in [-0.2, 0) is 0 Å². The van der Waals surface area contributed by atoms with Crippen molar-refractivity contribution in [2.24, 2.45) is 11.8 Å². The second-order valence-corrected chi connectivity index (χ2v) is 3.48. The highest BCUT2D eigenvalue weighted by Gasteiger charge is 2.20. The van der Waals surface area contributed by atoms with E-state index in [2.05, 4.69) is 13.0 Å². The average Bonchev–Trinajstić information content (AvgIpc) is 2.51. The van der Waals surface area contributed by atoms with Crippen LogP contribution in [0.2, 0.25) is 0 Å². The van der Waals surface area contributed by atoms with E-state index in [1.54, 1.807) is 0 Å². The van der Waals surface area contributed by atoms with Gasteiger partial charge in [0.1, 0.15) is 0 Å². The fourth-order valence-electron chi connectivity index (χ4n) is 1.86. The quantitative estimate of drug-likeness (QED) is 0.614. The van der Waals surface area contributed by atoms with Crippen molar-refractivity contribution in [1.82, 2.24) is 0 Å². The zero-order valence-corrected chi connectivity index (χ0v) is 8.64. The number of nitrogens with zero attached hydrogens (tertiary/aromatic N) is 1. The van der Waals surface area contributed by atoms with Gasteiger partial charge in [0.2, 0.25) is 0 Å². The molecule has 12 heavy (non-hydrogen) atoms. The molecule has 0 aromatic carbocycles. The molecule has 0 aromatic rings. The Balaban J connectivity index is 0.000000561. The van der Waals surface area contributed by atoms with E-state index in [-0.39, 0.29) is 0 Å². The van der Waals surface area contributed by atoms with Crippen molar-refractivity contribution in [3.8, 4) is 6.07 Å². The molecule has 1 saturated carbocycles. The molecule has 1 nitrogen and oxygen atoms in total. The Morgan fingerprint density at radius 3 is 2.42 bits per heavy atom. The molecule has 0 amide bonds. The lowest BCUT2D eigenvalue weighted by Gasteiger charge is -2.04. The van der Waals surface area contributed by atoms with Gasteiger partial charge in [-0.2, -0.15) is 5.26 Å². The van der Waals surface area contributed by atoms with Gasteiger partial charge in [-0.15, -0.1) is 0 Å². The van der Waals surface area contributed by atoms with Gasteiger partial charge in [-0.3, -0.25) is 0 Å². The molecule has 1 fully saturated rings. The van der Waals surface area contributed by atoms with E-state index in [1.807, 2.05) is 13.8 Å². The van der Waals surface area contributed by atoms with Gasteiger partial charge >= 0.3 is 0 Å². The van der Waals surface area contributed by atoms with E-state index in [0.717, 1.165) is 24.7 Å². The molecule has 2 atom stereocenters. The largest absolute Gasteiger partial charge is 0.198 e. The van der Waals surface area contributed by atoms with E-state index in [1.165, 1.54) is 19.3 Å². The molecule has 1 aliphatic carbocycles. The number of rotatable bonds is 2. The molecule has 0 aliphatic heterocycles. The Morgan fingerprint density at radius 1 is 1.33 bits per heavy atom. The van der Waals surface area contributed by atoms with Gasteiger partial charge in [-0.25, -0.2) is 0 Å². The topological polar surface area (TPSA) is 23.8 Å². The first-order valence-electron chi connectivity index (χ1n) is 5.20. The highest BCUT2D eigenvalue weighted by atomic mass is 14.3. The fourth-order valence-corrected chi connectivity index (χ4v) is 1.86. The molecule has 0 bridgehead atoms. The summed E-state index contributed by atoms with van der Waals surface area (Å²) >= 11 is 0. The van der Waals surface area contributed by atoms with Gasteiger partial charge in [0.15, 0.2) is 0 Å². The Morgan fingerprint density at radius 2 is 2.00 bits per heavy atom. The fraction of sp³-hybridized carbons (Fsp3) is 0.909. The van der Waals surface area contributed by atoms with E-state index < -0.39 is 0 Å². The van der Waals surface area contributed by atoms with Crippen LogP contribution in [-0.4, -0.2) is 0 Å².